The Hall–Kier alpha value is -3.19. The van der Waals surface area contributed by atoms with E-state index in [0.29, 0.717) is 30.9 Å². The van der Waals surface area contributed by atoms with Gasteiger partial charge in [-0.2, -0.15) is 0 Å². The van der Waals surface area contributed by atoms with Crippen molar-refractivity contribution in [2.24, 2.45) is 5.92 Å². The first kappa shape index (κ1) is 22.5. The van der Waals surface area contributed by atoms with E-state index in [1.165, 1.54) is 0 Å². The molecular weight excluding hydrogens is 394 g/mol. The largest absolute Gasteiger partial charge is 0.383 e. The van der Waals surface area contributed by atoms with Gasteiger partial charge in [-0.25, -0.2) is 0 Å². The van der Waals surface area contributed by atoms with Crippen LogP contribution in [0.15, 0.2) is 54.6 Å². The Balaban J connectivity index is 1.68. The number of methoxy groups -OCH3 is 1. The minimum Gasteiger partial charge on any atom is -0.383 e. The number of nitrogens with one attached hydrogen (secondary N) is 1. The zero-order valence-corrected chi connectivity index (χ0v) is 18.2. The molecule has 3 amide bonds. The van der Waals surface area contributed by atoms with Crippen molar-refractivity contribution in [3.8, 4) is 0 Å². The quantitative estimate of drug-likeness (QED) is 0.708. The van der Waals surface area contributed by atoms with E-state index < -0.39 is 5.92 Å². The number of carbonyl (C=O) groups excluding carboxylic acids is 3. The summed E-state index contributed by atoms with van der Waals surface area (Å²) in [5.41, 5.74) is 1.89. The van der Waals surface area contributed by atoms with Crippen LogP contribution in [0.25, 0.3) is 0 Å². The fourth-order valence-corrected chi connectivity index (χ4v) is 3.81. The lowest BCUT2D eigenvalue weighted by Gasteiger charge is -2.24. The van der Waals surface area contributed by atoms with Gasteiger partial charge in [0.05, 0.1) is 29.8 Å². The molecule has 0 unspecified atom stereocenters. The van der Waals surface area contributed by atoms with Crippen molar-refractivity contribution < 1.29 is 19.1 Å². The number of carbonyl (C=O) groups is 3. The Labute approximate surface area is 183 Å². The molecule has 2 atom stereocenters. The Bertz CT molecular complexity index is 931. The topological polar surface area (TPSA) is 79.0 Å². The molecule has 0 spiro atoms. The van der Waals surface area contributed by atoms with Gasteiger partial charge in [-0.3, -0.25) is 14.4 Å². The Kier molecular flexibility index (Phi) is 7.41. The molecule has 7 nitrogen and oxygen atoms in total. The molecular formula is C24H29N3O4. The second-order valence-corrected chi connectivity index (χ2v) is 7.93. The molecule has 1 heterocycles. The molecule has 1 saturated heterocycles. The first-order valence-electron chi connectivity index (χ1n) is 10.4. The van der Waals surface area contributed by atoms with Gasteiger partial charge in [0.2, 0.25) is 11.8 Å². The van der Waals surface area contributed by atoms with E-state index in [2.05, 4.69) is 5.32 Å². The zero-order chi connectivity index (χ0) is 22.4. The Morgan fingerprint density at radius 1 is 1.16 bits per heavy atom. The number of para-hydroxylation sites is 1. The number of hydrogen-bond acceptors (Lipinski definition) is 4. The molecule has 1 aliphatic heterocycles. The van der Waals surface area contributed by atoms with Crippen molar-refractivity contribution in [2.75, 3.05) is 32.6 Å². The highest BCUT2D eigenvalue weighted by atomic mass is 16.5. The molecule has 0 aliphatic carbocycles. The van der Waals surface area contributed by atoms with Gasteiger partial charge in [0.25, 0.3) is 5.91 Å². The monoisotopic (exact) mass is 423 g/mol. The van der Waals surface area contributed by atoms with Gasteiger partial charge in [0.15, 0.2) is 0 Å². The molecule has 0 bridgehead atoms. The second kappa shape index (κ2) is 10.2. The summed E-state index contributed by atoms with van der Waals surface area (Å²) in [7, 11) is 3.32. The molecule has 0 aromatic heterocycles. The second-order valence-electron chi connectivity index (χ2n) is 7.93. The van der Waals surface area contributed by atoms with Crippen LogP contribution in [0.5, 0.6) is 0 Å². The van der Waals surface area contributed by atoms with Crippen LogP contribution in [-0.4, -0.2) is 60.9 Å². The lowest BCUT2D eigenvalue weighted by molar-refractivity contribution is -0.130. The van der Waals surface area contributed by atoms with E-state index in [0.717, 1.165) is 5.56 Å². The van der Waals surface area contributed by atoms with Crippen LogP contribution < -0.4 is 5.32 Å². The fourth-order valence-electron chi connectivity index (χ4n) is 3.81. The van der Waals surface area contributed by atoms with E-state index in [9.17, 15) is 14.4 Å². The molecule has 0 saturated carbocycles. The minimum absolute atomic E-state index is 0.0587. The van der Waals surface area contributed by atoms with Crippen LogP contribution in [0.4, 0.5) is 5.69 Å². The van der Waals surface area contributed by atoms with Crippen molar-refractivity contribution in [2.45, 2.75) is 25.9 Å². The highest BCUT2D eigenvalue weighted by molar-refractivity contribution is 6.05. The molecule has 164 valence electrons. The van der Waals surface area contributed by atoms with E-state index in [-0.39, 0.29) is 30.2 Å². The Morgan fingerprint density at radius 3 is 2.55 bits per heavy atom. The summed E-state index contributed by atoms with van der Waals surface area (Å²) in [4.78, 5) is 41.5. The maximum absolute atomic E-state index is 13.0. The van der Waals surface area contributed by atoms with Crippen molar-refractivity contribution >= 4 is 23.4 Å². The molecule has 2 aromatic carbocycles. The predicted molar refractivity (Wildman–Crippen MR) is 118 cm³/mol. The molecule has 1 aliphatic rings. The number of benzene rings is 2. The first-order valence-corrected chi connectivity index (χ1v) is 10.4. The van der Waals surface area contributed by atoms with E-state index >= 15 is 0 Å². The van der Waals surface area contributed by atoms with Crippen LogP contribution in [0, 0.1) is 5.92 Å². The highest BCUT2D eigenvalue weighted by Crippen LogP contribution is 2.24. The van der Waals surface area contributed by atoms with Gasteiger partial charge in [-0.15, -0.1) is 0 Å². The molecule has 0 radical (unpaired) electrons. The third-order valence-corrected chi connectivity index (χ3v) is 5.49. The lowest BCUT2D eigenvalue weighted by atomic mass is 10.1. The normalized spacial score (nSPS) is 16.8. The number of likely N-dealkylation sites (tertiary alicyclic amines) is 1. The van der Waals surface area contributed by atoms with Gasteiger partial charge < -0.3 is 19.9 Å². The zero-order valence-electron chi connectivity index (χ0n) is 18.2. The number of ether oxygens (including phenoxy) is 1. The fraction of sp³-hybridized carbons (Fsp3) is 0.375. The third-order valence-electron chi connectivity index (χ3n) is 5.49. The van der Waals surface area contributed by atoms with Gasteiger partial charge in [0, 0.05) is 33.7 Å². The van der Waals surface area contributed by atoms with Gasteiger partial charge in [-0.05, 0) is 24.6 Å². The average molecular weight is 424 g/mol. The molecule has 31 heavy (non-hydrogen) atoms. The third kappa shape index (κ3) is 5.49. The maximum atomic E-state index is 13.0. The first-order chi connectivity index (χ1) is 14.9. The van der Waals surface area contributed by atoms with Crippen molar-refractivity contribution in [3.63, 3.8) is 0 Å². The minimum atomic E-state index is -0.461. The summed E-state index contributed by atoms with van der Waals surface area (Å²) in [5.74, 6) is -0.960. The maximum Gasteiger partial charge on any atom is 0.256 e. The summed E-state index contributed by atoms with van der Waals surface area (Å²) in [6.45, 7) is 3.13. The average Bonchev–Trinajstić information content (AvgIpc) is 3.16. The molecule has 1 N–H and O–H groups in total. The number of hydrogen-bond donors (Lipinski definition) is 1. The lowest BCUT2D eigenvalue weighted by Crippen LogP contribution is -2.38. The number of amides is 3. The summed E-state index contributed by atoms with van der Waals surface area (Å²) in [6.07, 6.45) is 0.157. The molecule has 7 heteroatoms. The summed E-state index contributed by atoms with van der Waals surface area (Å²) in [5, 5.41) is 2.87. The van der Waals surface area contributed by atoms with Crippen LogP contribution in [0.1, 0.15) is 29.3 Å². The van der Waals surface area contributed by atoms with Crippen LogP contribution in [0.3, 0.4) is 0 Å². The highest BCUT2D eigenvalue weighted by Gasteiger charge is 2.36. The van der Waals surface area contributed by atoms with Crippen LogP contribution in [0.2, 0.25) is 0 Å². The standard InChI is InChI=1S/C24H29N3O4/c1-17(16-31-3)27-15-19(13-22(27)28)23(29)25-21-12-8-7-11-20(21)24(30)26(2)14-18-9-5-4-6-10-18/h4-12,17,19H,13-16H2,1-3H3,(H,25,29)/t17-,19+/m1/s1. The number of anilines is 1. The van der Waals surface area contributed by atoms with Crippen LogP contribution in [-0.2, 0) is 20.9 Å². The summed E-state index contributed by atoms with van der Waals surface area (Å²) >= 11 is 0. The van der Waals surface area contributed by atoms with E-state index in [4.69, 9.17) is 4.74 Å². The smallest absolute Gasteiger partial charge is 0.256 e. The van der Waals surface area contributed by atoms with Crippen molar-refractivity contribution in [3.05, 3.63) is 65.7 Å². The summed E-state index contributed by atoms with van der Waals surface area (Å²) < 4.78 is 5.13. The number of rotatable bonds is 8. The SMILES string of the molecule is COC[C@@H](C)N1C[C@@H](C(=O)Nc2ccccc2C(=O)N(C)Cc2ccccc2)CC1=O. The molecule has 3 rings (SSSR count). The predicted octanol–water partition coefficient (Wildman–Crippen LogP) is 2.78. The van der Waals surface area contributed by atoms with Gasteiger partial charge >= 0.3 is 0 Å². The Morgan fingerprint density at radius 2 is 1.84 bits per heavy atom. The summed E-state index contributed by atoms with van der Waals surface area (Å²) in [6, 6.07) is 16.6. The number of nitrogens with zero attached hydrogens (tertiary/aromatic N) is 2. The van der Waals surface area contributed by atoms with E-state index in [1.54, 1.807) is 48.2 Å². The van der Waals surface area contributed by atoms with Crippen molar-refractivity contribution in [1.29, 1.82) is 0 Å². The van der Waals surface area contributed by atoms with Gasteiger partial charge in [0.1, 0.15) is 0 Å². The molecule has 1 fully saturated rings. The van der Waals surface area contributed by atoms with Gasteiger partial charge in [-0.1, -0.05) is 42.5 Å². The molecule has 2 aromatic rings. The van der Waals surface area contributed by atoms with Crippen LogP contribution >= 0.6 is 0 Å². The van der Waals surface area contributed by atoms with Crippen molar-refractivity contribution in [1.82, 2.24) is 9.80 Å². The van der Waals surface area contributed by atoms with E-state index in [1.807, 2.05) is 37.3 Å².